The number of nitrogens with zero attached hydrogens (tertiary/aromatic N) is 2. The van der Waals surface area contributed by atoms with Gasteiger partial charge >= 0.3 is 0 Å². The zero-order valence-electron chi connectivity index (χ0n) is 16.9. The molecule has 1 atom stereocenters. The molecular weight excluding hydrogens is 416 g/mol. The second kappa shape index (κ2) is 8.38. The maximum absolute atomic E-state index is 13.0. The molecule has 0 saturated carbocycles. The highest BCUT2D eigenvalue weighted by Gasteiger charge is 2.47. The predicted octanol–water partition coefficient (Wildman–Crippen LogP) is 3.82. The Morgan fingerprint density at radius 3 is 2.62 bits per heavy atom. The summed E-state index contributed by atoms with van der Waals surface area (Å²) in [4.78, 5) is 37.9. The Bertz CT molecular complexity index is 1230. The number of methoxy groups -OCH3 is 1. The molecule has 2 aromatic carbocycles. The minimum absolute atomic E-state index is 0.0218. The number of nitro groups is 1. The van der Waals surface area contributed by atoms with Crippen LogP contribution in [0.4, 0.5) is 5.69 Å². The van der Waals surface area contributed by atoms with Gasteiger partial charge in [-0.05, 0) is 18.2 Å². The lowest BCUT2D eigenvalue weighted by molar-refractivity contribution is -0.384. The van der Waals surface area contributed by atoms with Gasteiger partial charge in [0.1, 0.15) is 17.3 Å². The van der Waals surface area contributed by atoms with Crippen molar-refractivity contribution in [2.24, 2.45) is 0 Å². The number of amides is 1. The van der Waals surface area contributed by atoms with Crippen LogP contribution in [-0.4, -0.2) is 33.7 Å². The number of likely N-dealkylation sites (tertiary alicyclic amines) is 1. The van der Waals surface area contributed by atoms with E-state index in [1.165, 1.54) is 36.5 Å². The number of carbonyl (C=O) groups is 2. The Hall–Kier alpha value is -4.40. The molecule has 1 fully saturated rings. The highest BCUT2D eigenvalue weighted by atomic mass is 16.6. The van der Waals surface area contributed by atoms with Gasteiger partial charge in [-0.3, -0.25) is 19.7 Å². The maximum Gasteiger partial charge on any atom is 0.296 e. The molecule has 1 aromatic heterocycles. The number of aliphatic hydroxyl groups is 1. The molecule has 0 bridgehead atoms. The Balaban J connectivity index is 1.92. The van der Waals surface area contributed by atoms with Gasteiger partial charge in [-0.15, -0.1) is 0 Å². The number of non-ortho nitro benzene ring substituents is 1. The van der Waals surface area contributed by atoms with Crippen LogP contribution in [0.5, 0.6) is 5.75 Å². The van der Waals surface area contributed by atoms with Crippen molar-refractivity contribution in [1.82, 2.24) is 4.90 Å². The molecule has 1 unspecified atom stereocenters. The number of rotatable bonds is 6. The van der Waals surface area contributed by atoms with Crippen molar-refractivity contribution in [3.63, 3.8) is 0 Å². The van der Waals surface area contributed by atoms with E-state index in [0.29, 0.717) is 17.1 Å². The Kier molecular flexibility index (Phi) is 5.46. The monoisotopic (exact) mass is 434 g/mol. The second-order valence-corrected chi connectivity index (χ2v) is 7.06. The van der Waals surface area contributed by atoms with E-state index in [1.54, 1.807) is 36.4 Å². The number of Topliss-reactive ketones (excluding diaryl/α,β-unsaturated/α-hetero) is 1. The summed E-state index contributed by atoms with van der Waals surface area (Å²) in [5.74, 6) is -1.39. The Morgan fingerprint density at radius 2 is 1.94 bits per heavy atom. The largest absolute Gasteiger partial charge is 0.507 e. The molecule has 9 heteroatoms. The summed E-state index contributed by atoms with van der Waals surface area (Å²) >= 11 is 0. The van der Waals surface area contributed by atoms with Gasteiger partial charge in [-0.25, -0.2) is 0 Å². The van der Waals surface area contributed by atoms with Crippen molar-refractivity contribution >= 4 is 23.1 Å². The summed E-state index contributed by atoms with van der Waals surface area (Å²) < 4.78 is 10.8. The summed E-state index contributed by atoms with van der Waals surface area (Å²) in [5.41, 5.74) is 0.0853. The fraction of sp³-hybridized carbons (Fsp3) is 0.130. The van der Waals surface area contributed by atoms with Gasteiger partial charge in [0.25, 0.3) is 17.4 Å². The number of ether oxygens (including phenoxy) is 1. The van der Waals surface area contributed by atoms with Crippen molar-refractivity contribution < 1.29 is 28.8 Å². The van der Waals surface area contributed by atoms with E-state index in [1.807, 2.05) is 0 Å². The lowest BCUT2D eigenvalue weighted by atomic mass is 9.94. The molecule has 4 rings (SSSR count). The predicted molar refractivity (Wildman–Crippen MR) is 113 cm³/mol. The maximum atomic E-state index is 13.0. The topological polar surface area (TPSA) is 123 Å². The summed E-state index contributed by atoms with van der Waals surface area (Å²) in [7, 11) is 1.46. The number of ketones is 1. The van der Waals surface area contributed by atoms with Crippen LogP contribution in [0.15, 0.2) is 76.9 Å². The first-order chi connectivity index (χ1) is 15.4. The van der Waals surface area contributed by atoms with Gasteiger partial charge in [0, 0.05) is 23.3 Å². The summed E-state index contributed by atoms with van der Waals surface area (Å²) in [6.45, 7) is -0.0218. The van der Waals surface area contributed by atoms with E-state index in [0.717, 1.165) is 6.07 Å². The van der Waals surface area contributed by atoms with E-state index in [2.05, 4.69) is 0 Å². The first-order valence-corrected chi connectivity index (χ1v) is 9.61. The van der Waals surface area contributed by atoms with Crippen molar-refractivity contribution in [3.05, 3.63) is 99.5 Å². The van der Waals surface area contributed by atoms with Gasteiger partial charge in [-0.1, -0.05) is 30.3 Å². The number of carbonyl (C=O) groups excluding carboxylic acids is 2. The molecule has 162 valence electrons. The van der Waals surface area contributed by atoms with Crippen molar-refractivity contribution in [1.29, 1.82) is 0 Å². The fourth-order valence-electron chi connectivity index (χ4n) is 3.75. The van der Waals surface area contributed by atoms with E-state index in [9.17, 15) is 24.8 Å². The van der Waals surface area contributed by atoms with Crippen molar-refractivity contribution in [2.75, 3.05) is 7.11 Å². The molecule has 0 aliphatic carbocycles. The summed E-state index contributed by atoms with van der Waals surface area (Å²) in [5, 5.41) is 22.2. The highest BCUT2D eigenvalue weighted by Crippen LogP contribution is 2.43. The molecule has 1 saturated heterocycles. The molecule has 0 radical (unpaired) electrons. The molecular formula is C23H18N2O7. The average molecular weight is 434 g/mol. The van der Waals surface area contributed by atoms with Crippen molar-refractivity contribution in [2.45, 2.75) is 12.6 Å². The number of benzene rings is 2. The first-order valence-electron chi connectivity index (χ1n) is 9.61. The quantitative estimate of drug-likeness (QED) is 0.206. The number of furan rings is 1. The van der Waals surface area contributed by atoms with Crippen LogP contribution >= 0.6 is 0 Å². The smallest absolute Gasteiger partial charge is 0.296 e. The van der Waals surface area contributed by atoms with Gasteiger partial charge in [0.05, 0.1) is 36.5 Å². The van der Waals surface area contributed by atoms with E-state index < -0.39 is 28.4 Å². The molecule has 32 heavy (non-hydrogen) atoms. The second-order valence-electron chi connectivity index (χ2n) is 7.06. The number of hydrogen-bond donors (Lipinski definition) is 1. The third-order valence-corrected chi connectivity index (χ3v) is 5.21. The van der Waals surface area contributed by atoms with E-state index in [4.69, 9.17) is 9.15 Å². The van der Waals surface area contributed by atoms with E-state index in [-0.39, 0.29) is 23.4 Å². The standard InChI is InChI=1S/C23H18N2O7/c1-31-18-10-3-2-9-17(18)20-19(21(26)14-6-4-7-15(12-14)25(29)30)22(27)23(28)24(20)13-16-8-5-11-32-16/h2-12,20,26H,13H2,1H3/b21-19+. The Labute approximate surface area is 182 Å². The molecule has 1 N–H and O–H groups in total. The number of hydrogen-bond acceptors (Lipinski definition) is 7. The minimum atomic E-state index is -0.990. The van der Waals surface area contributed by atoms with Crippen LogP contribution in [0.25, 0.3) is 5.76 Å². The van der Waals surface area contributed by atoms with Crippen LogP contribution < -0.4 is 4.74 Å². The molecule has 1 aliphatic heterocycles. The number of nitro benzene ring substituents is 1. The molecule has 1 aliphatic rings. The number of aliphatic hydroxyl groups excluding tert-OH is 1. The minimum Gasteiger partial charge on any atom is -0.507 e. The third kappa shape index (κ3) is 3.60. The highest BCUT2D eigenvalue weighted by molar-refractivity contribution is 6.46. The first kappa shape index (κ1) is 20.9. The summed E-state index contributed by atoms with van der Waals surface area (Å²) in [6.07, 6.45) is 1.45. The van der Waals surface area contributed by atoms with E-state index >= 15 is 0 Å². The van der Waals surface area contributed by atoms with Crippen LogP contribution in [0, 0.1) is 10.1 Å². The fourth-order valence-corrected chi connectivity index (χ4v) is 3.75. The van der Waals surface area contributed by atoms with Crippen LogP contribution in [0.1, 0.15) is 22.9 Å². The van der Waals surface area contributed by atoms with Crippen LogP contribution in [0.2, 0.25) is 0 Å². The third-order valence-electron chi connectivity index (χ3n) is 5.21. The Morgan fingerprint density at radius 1 is 1.16 bits per heavy atom. The lowest BCUT2D eigenvalue weighted by Gasteiger charge is -2.25. The van der Waals surface area contributed by atoms with Crippen LogP contribution in [-0.2, 0) is 16.1 Å². The molecule has 1 amide bonds. The molecule has 9 nitrogen and oxygen atoms in total. The normalized spacial score (nSPS) is 17.5. The summed E-state index contributed by atoms with van der Waals surface area (Å²) in [6, 6.07) is 14.4. The van der Waals surface area contributed by atoms with Gasteiger partial charge in [-0.2, -0.15) is 0 Å². The molecule has 2 heterocycles. The average Bonchev–Trinajstić information content (AvgIpc) is 3.41. The SMILES string of the molecule is COc1ccccc1C1/C(=C(\O)c2cccc([N+](=O)[O-])c2)C(=O)C(=O)N1Cc1ccco1. The van der Waals surface area contributed by atoms with Gasteiger partial charge in [0.15, 0.2) is 0 Å². The molecule has 0 spiro atoms. The van der Waals surface area contributed by atoms with Crippen LogP contribution in [0.3, 0.4) is 0 Å². The number of para-hydroxylation sites is 1. The van der Waals surface area contributed by atoms with Gasteiger partial charge < -0.3 is 19.2 Å². The molecule has 3 aromatic rings. The van der Waals surface area contributed by atoms with Crippen molar-refractivity contribution in [3.8, 4) is 5.75 Å². The lowest BCUT2D eigenvalue weighted by Crippen LogP contribution is -2.29. The van der Waals surface area contributed by atoms with Gasteiger partial charge in [0.2, 0.25) is 0 Å². The zero-order chi connectivity index (χ0) is 22.8. The zero-order valence-corrected chi connectivity index (χ0v) is 16.9.